The molecule has 118 valence electrons. The van der Waals surface area contributed by atoms with Gasteiger partial charge in [-0.1, -0.05) is 30.3 Å². The van der Waals surface area contributed by atoms with E-state index in [9.17, 15) is 4.79 Å². The van der Waals surface area contributed by atoms with Crippen molar-refractivity contribution in [2.24, 2.45) is 0 Å². The van der Waals surface area contributed by atoms with Crippen molar-refractivity contribution in [1.82, 2.24) is 0 Å². The Hall–Kier alpha value is -1.59. The second kappa shape index (κ2) is 8.64. The van der Waals surface area contributed by atoms with E-state index >= 15 is 0 Å². The molecular weight excluding hydrogens is 272 g/mol. The quantitative estimate of drug-likeness (QED) is 0.543. The van der Waals surface area contributed by atoms with Crippen molar-refractivity contribution < 1.29 is 23.7 Å². The first-order chi connectivity index (χ1) is 10.0. The number of hydrogen-bond acceptors (Lipinski definition) is 5. The molecule has 0 N–H and O–H groups in total. The number of hydrogen-bond donors (Lipinski definition) is 0. The van der Waals surface area contributed by atoms with Crippen LogP contribution in [0.5, 0.6) is 0 Å². The Balaban J connectivity index is 2.81. The molecule has 0 bridgehead atoms. The normalized spacial score (nSPS) is 15.0. The topological polar surface area (TPSA) is 54.0 Å². The predicted molar refractivity (Wildman–Crippen MR) is 78.9 cm³/mol. The predicted octanol–water partition coefficient (Wildman–Crippen LogP) is 3.47. The summed E-state index contributed by atoms with van der Waals surface area (Å²) in [4.78, 5) is 11.7. The van der Waals surface area contributed by atoms with Gasteiger partial charge in [-0.2, -0.15) is 0 Å². The lowest BCUT2D eigenvalue weighted by molar-refractivity contribution is -0.168. The molecule has 1 rings (SSSR count). The highest BCUT2D eigenvalue weighted by Crippen LogP contribution is 2.27. The molecular formula is C16H24O5. The second-order valence-corrected chi connectivity index (χ2v) is 4.72. The van der Waals surface area contributed by atoms with E-state index in [1.54, 1.807) is 20.8 Å². The molecule has 0 aliphatic heterocycles. The Morgan fingerprint density at radius 2 is 1.81 bits per heavy atom. The van der Waals surface area contributed by atoms with Crippen molar-refractivity contribution in [3.63, 3.8) is 0 Å². The fourth-order valence-electron chi connectivity index (χ4n) is 1.85. The summed E-state index contributed by atoms with van der Waals surface area (Å²) < 4.78 is 21.3. The van der Waals surface area contributed by atoms with Gasteiger partial charge in [0.2, 0.25) is 0 Å². The first kappa shape index (κ1) is 17.5. The minimum Gasteiger partial charge on any atom is -0.435 e. The molecule has 21 heavy (non-hydrogen) atoms. The SMILES string of the molecule is CCOC(=O)OC(C)(COC(C)OCC)c1ccccc1. The van der Waals surface area contributed by atoms with E-state index in [4.69, 9.17) is 18.9 Å². The maximum Gasteiger partial charge on any atom is 0.509 e. The lowest BCUT2D eigenvalue weighted by Crippen LogP contribution is -2.36. The van der Waals surface area contributed by atoms with E-state index in [2.05, 4.69) is 0 Å². The highest BCUT2D eigenvalue weighted by molar-refractivity contribution is 5.61. The third-order valence-electron chi connectivity index (χ3n) is 2.95. The standard InChI is InChI=1S/C16H24O5/c1-5-18-13(3)20-12-16(4,21-15(17)19-6-2)14-10-8-7-9-11-14/h7-11,13H,5-6,12H2,1-4H3. The zero-order valence-electron chi connectivity index (χ0n) is 13.1. The first-order valence-electron chi connectivity index (χ1n) is 7.16. The fraction of sp³-hybridized carbons (Fsp3) is 0.562. The molecule has 0 saturated carbocycles. The van der Waals surface area contributed by atoms with Gasteiger partial charge in [-0.05, 0) is 33.3 Å². The molecule has 1 aromatic carbocycles. The van der Waals surface area contributed by atoms with Crippen LogP contribution in [0, 0.1) is 0 Å². The summed E-state index contributed by atoms with van der Waals surface area (Å²) in [6.07, 6.45) is -1.08. The molecule has 0 spiro atoms. The molecule has 0 radical (unpaired) electrons. The lowest BCUT2D eigenvalue weighted by atomic mass is 9.97. The summed E-state index contributed by atoms with van der Waals surface area (Å²) in [5.74, 6) is 0. The Morgan fingerprint density at radius 1 is 1.14 bits per heavy atom. The molecule has 5 nitrogen and oxygen atoms in total. The van der Waals surface area contributed by atoms with Gasteiger partial charge in [0.15, 0.2) is 11.9 Å². The van der Waals surface area contributed by atoms with Gasteiger partial charge < -0.3 is 18.9 Å². The van der Waals surface area contributed by atoms with Crippen LogP contribution in [-0.2, 0) is 24.5 Å². The Kier molecular flexibility index (Phi) is 7.19. The van der Waals surface area contributed by atoms with Gasteiger partial charge in [0.05, 0.1) is 13.2 Å². The number of rotatable bonds is 8. The van der Waals surface area contributed by atoms with Gasteiger partial charge in [-0.15, -0.1) is 0 Å². The Morgan fingerprint density at radius 3 is 2.38 bits per heavy atom. The Bertz CT molecular complexity index is 420. The molecule has 0 aliphatic carbocycles. The van der Waals surface area contributed by atoms with Crippen molar-refractivity contribution in [2.45, 2.75) is 39.6 Å². The van der Waals surface area contributed by atoms with Gasteiger partial charge in [0.1, 0.15) is 0 Å². The maximum absolute atomic E-state index is 11.7. The van der Waals surface area contributed by atoms with Crippen molar-refractivity contribution >= 4 is 6.16 Å². The van der Waals surface area contributed by atoms with Crippen LogP contribution in [0.15, 0.2) is 30.3 Å². The van der Waals surface area contributed by atoms with Crippen LogP contribution in [-0.4, -0.2) is 32.3 Å². The molecule has 0 saturated heterocycles. The summed E-state index contributed by atoms with van der Waals surface area (Å²) in [5.41, 5.74) is -0.0967. The Labute approximate surface area is 126 Å². The van der Waals surface area contributed by atoms with E-state index in [0.29, 0.717) is 6.61 Å². The van der Waals surface area contributed by atoms with Gasteiger partial charge >= 0.3 is 6.16 Å². The summed E-state index contributed by atoms with van der Waals surface area (Å²) in [6, 6.07) is 9.43. The van der Waals surface area contributed by atoms with Gasteiger partial charge in [0.25, 0.3) is 0 Å². The zero-order chi connectivity index (χ0) is 15.7. The maximum atomic E-state index is 11.7. The summed E-state index contributed by atoms with van der Waals surface area (Å²) >= 11 is 0. The minimum absolute atomic E-state index is 0.178. The first-order valence-corrected chi connectivity index (χ1v) is 7.16. The number of benzene rings is 1. The molecule has 0 heterocycles. The van der Waals surface area contributed by atoms with Crippen molar-refractivity contribution in [3.05, 3.63) is 35.9 Å². The number of carbonyl (C=O) groups is 1. The highest BCUT2D eigenvalue weighted by atomic mass is 16.7. The van der Waals surface area contributed by atoms with E-state index in [0.717, 1.165) is 5.56 Å². The van der Waals surface area contributed by atoms with Gasteiger partial charge in [0, 0.05) is 6.61 Å². The average Bonchev–Trinajstić information content (AvgIpc) is 2.47. The number of ether oxygens (including phenoxy) is 4. The van der Waals surface area contributed by atoms with E-state index in [1.807, 2.05) is 37.3 Å². The van der Waals surface area contributed by atoms with Crippen LogP contribution in [0.25, 0.3) is 0 Å². The van der Waals surface area contributed by atoms with Crippen LogP contribution in [0.4, 0.5) is 4.79 Å². The zero-order valence-corrected chi connectivity index (χ0v) is 13.1. The van der Waals surface area contributed by atoms with Crippen molar-refractivity contribution in [3.8, 4) is 0 Å². The largest absolute Gasteiger partial charge is 0.509 e. The third-order valence-corrected chi connectivity index (χ3v) is 2.95. The van der Waals surface area contributed by atoms with Gasteiger partial charge in [-0.25, -0.2) is 4.79 Å². The third kappa shape index (κ3) is 5.73. The van der Waals surface area contributed by atoms with Crippen molar-refractivity contribution in [2.75, 3.05) is 19.8 Å². The molecule has 2 atom stereocenters. The molecule has 1 aromatic rings. The average molecular weight is 296 g/mol. The van der Waals surface area contributed by atoms with E-state index < -0.39 is 11.8 Å². The van der Waals surface area contributed by atoms with Gasteiger partial charge in [-0.3, -0.25) is 0 Å². The summed E-state index contributed by atoms with van der Waals surface area (Å²) in [5, 5.41) is 0. The van der Waals surface area contributed by atoms with Crippen LogP contribution >= 0.6 is 0 Å². The highest BCUT2D eigenvalue weighted by Gasteiger charge is 2.33. The number of carbonyl (C=O) groups excluding carboxylic acids is 1. The van der Waals surface area contributed by atoms with Crippen LogP contribution in [0.1, 0.15) is 33.3 Å². The van der Waals surface area contributed by atoms with Crippen LogP contribution < -0.4 is 0 Å². The van der Waals surface area contributed by atoms with E-state index in [1.165, 1.54) is 0 Å². The smallest absolute Gasteiger partial charge is 0.435 e. The summed E-state index contributed by atoms with van der Waals surface area (Å²) in [7, 11) is 0. The minimum atomic E-state index is -0.932. The molecule has 2 unspecified atom stereocenters. The molecule has 0 fully saturated rings. The second-order valence-electron chi connectivity index (χ2n) is 4.72. The van der Waals surface area contributed by atoms with Crippen molar-refractivity contribution in [1.29, 1.82) is 0 Å². The fourth-order valence-corrected chi connectivity index (χ4v) is 1.85. The van der Waals surface area contributed by atoms with Crippen LogP contribution in [0.3, 0.4) is 0 Å². The molecule has 0 amide bonds. The molecule has 0 aliphatic rings. The molecule has 0 aromatic heterocycles. The monoisotopic (exact) mass is 296 g/mol. The molecule has 5 heteroatoms. The van der Waals surface area contributed by atoms with Crippen LogP contribution in [0.2, 0.25) is 0 Å². The lowest BCUT2D eigenvalue weighted by Gasteiger charge is -2.30. The summed E-state index contributed by atoms with van der Waals surface area (Å²) in [6.45, 7) is 8.22. The van der Waals surface area contributed by atoms with E-state index in [-0.39, 0.29) is 19.5 Å².